The van der Waals surface area contributed by atoms with E-state index >= 15 is 0 Å². The van der Waals surface area contributed by atoms with Crippen LogP contribution in [0, 0.1) is 0 Å². The second-order valence-corrected chi connectivity index (χ2v) is 2.76. The van der Waals surface area contributed by atoms with Gasteiger partial charge in [-0.2, -0.15) is 0 Å². The Morgan fingerprint density at radius 1 is 1.50 bits per heavy atom. The lowest BCUT2D eigenvalue weighted by atomic mass is 10.2. The molecule has 72 valence electrons. The van der Waals surface area contributed by atoms with Crippen LogP contribution in [0.2, 0.25) is 0 Å². The van der Waals surface area contributed by atoms with Crippen LogP contribution >= 0.6 is 0 Å². The van der Waals surface area contributed by atoms with E-state index in [1.165, 1.54) is 25.6 Å². The number of rotatable bonds is 1. The average molecular weight is 192 g/mol. The van der Waals surface area contributed by atoms with Gasteiger partial charge in [0.15, 0.2) is 0 Å². The molecular formula is C9H8N2O3. The third-order valence-corrected chi connectivity index (χ3v) is 1.91. The van der Waals surface area contributed by atoms with Crippen molar-refractivity contribution < 1.29 is 9.94 Å². The summed E-state index contributed by atoms with van der Waals surface area (Å²) in [6.07, 6.45) is 1.29. The van der Waals surface area contributed by atoms with Gasteiger partial charge in [-0.25, -0.2) is 4.98 Å². The molecule has 2 rings (SSSR count). The van der Waals surface area contributed by atoms with Crippen LogP contribution in [0.5, 0.6) is 5.75 Å². The molecule has 0 unspecified atom stereocenters. The molecule has 0 fully saturated rings. The molecule has 0 aliphatic carbocycles. The van der Waals surface area contributed by atoms with Crippen LogP contribution in [0.25, 0.3) is 10.9 Å². The van der Waals surface area contributed by atoms with Gasteiger partial charge in [-0.05, 0) is 18.2 Å². The van der Waals surface area contributed by atoms with E-state index in [2.05, 4.69) is 4.98 Å². The highest BCUT2D eigenvalue weighted by atomic mass is 16.6. The Morgan fingerprint density at radius 3 is 3.00 bits per heavy atom. The van der Waals surface area contributed by atoms with E-state index < -0.39 is 0 Å². The summed E-state index contributed by atoms with van der Waals surface area (Å²) in [5.41, 5.74) is 0.189. The minimum absolute atomic E-state index is 0.0326. The number of hydrogen-bond donors (Lipinski definition) is 1. The molecule has 0 bridgehead atoms. The third kappa shape index (κ3) is 1.19. The van der Waals surface area contributed by atoms with Gasteiger partial charge in [0, 0.05) is 0 Å². The number of benzene rings is 1. The van der Waals surface area contributed by atoms with Crippen molar-refractivity contribution in [2.24, 2.45) is 0 Å². The fraction of sp³-hybridized carbons (Fsp3) is 0.111. The molecular weight excluding hydrogens is 184 g/mol. The van der Waals surface area contributed by atoms with Crippen LogP contribution in [0.1, 0.15) is 0 Å². The van der Waals surface area contributed by atoms with E-state index in [0.717, 1.165) is 4.73 Å². The van der Waals surface area contributed by atoms with E-state index in [1.807, 2.05) is 0 Å². The second-order valence-electron chi connectivity index (χ2n) is 2.76. The maximum absolute atomic E-state index is 11.6. The highest BCUT2D eigenvalue weighted by Gasteiger charge is 2.04. The zero-order chi connectivity index (χ0) is 10.1. The molecule has 0 amide bonds. The lowest BCUT2D eigenvalue weighted by Gasteiger charge is -2.03. The molecule has 1 aromatic heterocycles. The van der Waals surface area contributed by atoms with Gasteiger partial charge in [0.25, 0.3) is 5.56 Å². The highest BCUT2D eigenvalue weighted by Crippen LogP contribution is 2.13. The summed E-state index contributed by atoms with van der Waals surface area (Å²) >= 11 is 0. The van der Waals surface area contributed by atoms with Crippen molar-refractivity contribution in [3.8, 4) is 5.75 Å². The van der Waals surface area contributed by atoms with Crippen molar-refractivity contribution in [2.75, 3.05) is 7.11 Å². The Kier molecular flexibility index (Phi) is 1.85. The molecule has 1 aromatic carbocycles. The van der Waals surface area contributed by atoms with Gasteiger partial charge in [-0.1, -0.05) is 0 Å². The first-order valence-corrected chi connectivity index (χ1v) is 3.97. The largest absolute Gasteiger partial charge is 0.508 e. The van der Waals surface area contributed by atoms with Crippen LogP contribution in [0.15, 0.2) is 29.3 Å². The molecule has 14 heavy (non-hydrogen) atoms. The minimum Gasteiger partial charge on any atom is -0.508 e. The van der Waals surface area contributed by atoms with Gasteiger partial charge in [-0.15, -0.1) is 4.73 Å². The molecule has 0 saturated heterocycles. The molecule has 0 saturated carbocycles. The predicted molar refractivity (Wildman–Crippen MR) is 50.2 cm³/mol. The zero-order valence-corrected chi connectivity index (χ0v) is 7.47. The van der Waals surface area contributed by atoms with Gasteiger partial charge in [-0.3, -0.25) is 4.79 Å². The first-order chi connectivity index (χ1) is 6.72. The molecule has 5 nitrogen and oxygen atoms in total. The van der Waals surface area contributed by atoms with E-state index in [-0.39, 0.29) is 11.3 Å². The number of fused-ring (bicyclic) bond motifs is 1. The Morgan fingerprint density at radius 2 is 2.29 bits per heavy atom. The summed E-state index contributed by atoms with van der Waals surface area (Å²) in [5, 5.41) is 9.53. The van der Waals surface area contributed by atoms with Crippen LogP contribution in [0.3, 0.4) is 0 Å². The van der Waals surface area contributed by atoms with Crippen molar-refractivity contribution in [3.05, 3.63) is 34.9 Å². The van der Waals surface area contributed by atoms with E-state index in [0.29, 0.717) is 10.9 Å². The number of nitrogens with zero attached hydrogens (tertiary/aromatic N) is 2. The number of phenolic OH excluding ortho intramolecular Hbond substituents is 1. The third-order valence-electron chi connectivity index (χ3n) is 1.91. The first kappa shape index (κ1) is 8.55. The lowest BCUT2D eigenvalue weighted by Crippen LogP contribution is -2.24. The number of aromatic hydroxyl groups is 1. The van der Waals surface area contributed by atoms with Crippen molar-refractivity contribution in [1.29, 1.82) is 0 Å². The van der Waals surface area contributed by atoms with Crippen molar-refractivity contribution in [3.63, 3.8) is 0 Å². The van der Waals surface area contributed by atoms with Crippen molar-refractivity contribution in [1.82, 2.24) is 9.71 Å². The number of phenols is 1. The fourth-order valence-electron chi connectivity index (χ4n) is 1.22. The zero-order valence-electron chi connectivity index (χ0n) is 7.47. The topological polar surface area (TPSA) is 64.3 Å². The molecule has 0 aliphatic rings. The van der Waals surface area contributed by atoms with Gasteiger partial charge in [0.2, 0.25) is 0 Å². The lowest BCUT2D eigenvalue weighted by molar-refractivity contribution is 0.155. The molecule has 5 heteroatoms. The van der Waals surface area contributed by atoms with Gasteiger partial charge in [0.1, 0.15) is 19.2 Å². The van der Waals surface area contributed by atoms with Gasteiger partial charge < -0.3 is 9.94 Å². The molecule has 1 heterocycles. The summed E-state index contributed by atoms with van der Waals surface area (Å²) in [7, 11) is 1.37. The van der Waals surface area contributed by atoms with Crippen LogP contribution in [-0.2, 0) is 0 Å². The molecule has 0 radical (unpaired) electrons. The first-order valence-electron chi connectivity index (χ1n) is 3.97. The summed E-state index contributed by atoms with van der Waals surface area (Å²) in [6.45, 7) is 0. The SMILES string of the molecule is COn1cnc2ccc(O)cc2c1=O. The average Bonchev–Trinajstić information content (AvgIpc) is 2.20. The van der Waals surface area contributed by atoms with Gasteiger partial charge in [0.05, 0.1) is 10.9 Å². The Balaban J connectivity index is 2.87. The van der Waals surface area contributed by atoms with Crippen LogP contribution in [0.4, 0.5) is 0 Å². The van der Waals surface area contributed by atoms with E-state index in [4.69, 9.17) is 4.84 Å². The van der Waals surface area contributed by atoms with Crippen LogP contribution < -0.4 is 10.4 Å². The quantitative estimate of drug-likeness (QED) is 0.699. The predicted octanol–water partition coefficient (Wildman–Crippen LogP) is 0.160. The second kappa shape index (κ2) is 3.02. The fourth-order valence-corrected chi connectivity index (χ4v) is 1.22. The summed E-state index contributed by atoms with van der Waals surface area (Å²) < 4.78 is 1.00. The molecule has 0 spiro atoms. The van der Waals surface area contributed by atoms with Gasteiger partial charge >= 0.3 is 0 Å². The maximum atomic E-state index is 11.6. The Hall–Kier alpha value is -2.04. The molecule has 0 aliphatic heterocycles. The summed E-state index contributed by atoms with van der Waals surface area (Å²) in [5.74, 6) is 0.0326. The molecule has 0 atom stereocenters. The van der Waals surface area contributed by atoms with E-state index in [1.54, 1.807) is 6.07 Å². The monoisotopic (exact) mass is 192 g/mol. The standard InChI is InChI=1S/C9H8N2O3/c1-14-11-5-10-8-3-2-6(12)4-7(8)9(11)13/h2-5,12H,1H3. The Labute approximate surface area is 79.2 Å². The Bertz CT molecular complexity index is 533. The maximum Gasteiger partial charge on any atom is 0.294 e. The van der Waals surface area contributed by atoms with Crippen LogP contribution in [-0.4, -0.2) is 21.9 Å². The molecule has 2 aromatic rings. The number of aromatic nitrogens is 2. The highest BCUT2D eigenvalue weighted by molar-refractivity contribution is 5.78. The van der Waals surface area contributed by atoms with E-state index in [9.17, 15) is 9.90 Å². The smallest absolute Gasteiger partial charge is 0.294 e. The summed E-state index contributed by atoms with van der Waals surface area (Å²) in [6, 6.07) is 4.41. The number of hydrogen-bond acceptors (Lipinski definition) is 4. The van der Waals surface area contributed by atoms with Crippen molar-refractivity contribution >= 4 is 10.9 Å². The summed E-state index contributed by atoms with van der Waals surface area (Å²) in [4.78, 5) is 20.3. The minimum atomic E-state index is -0.339. The molecule has 1 N–H and O–H groups in total. The normalized spacial score (nSPS) is 10.4. The van der Waals surface area contributed by atoms with Crippen molar-refractivity contribution in [2.45, 2.75) is 0 Å².